The molecule has 1 heterocycles. The highest BCUT2D eigenvalue weighted by Gasteiger charge is 2.39. The monoisotopic (exact) mass is 499 g/mol. The van der Waals surface area contributed by atoms with Crippen LogP contribution >= 0.6 is 23.2 Å². The van der Waals surface area contributed by atoms with Crippen LogP contribution in [0.5, 0.6) is 0 Å². The quantitative estimate of drug-likeness (QED) is 0.292. The van der Waals surface area contributed by atoms with Gasteiger partial charge in [-0.2, -0.15) is 13.2 Å². The first-order valence-corrected chi connectivity index (χ1v) is 9.97. The molecule has 0 unspecified atom stereocenters. The molecule has 0 aliphatic heterocycles. The van der Waals surface area contributed by atoms with Crippen molar-refractivity contribution in [3.8, 4) is 11.3 Å². The fourth-order valence-electron chi connectivity index (χ4n) is 3.01. The second-order valence-electron chi connectivity index (χ2n) is 6.54. The lowest BCUT2D eigenvalue weighted by atomic mass is 9.99. The SMILES string of the molecule is C=C/C(=C(\Nc1cccc(Cl)c1)C(F)(F)F)c1onc(-c2c(F)cccc2Cl)c1C(=O)NC. The Labute approximate surface area is 195 Å². The van der Waals surface area contributed by atoms with Crippen molar-refractivity contribution in [3.63, 3.8) is 0 Å². The molecule has 0 spiro atoms. The van der Waals surface area contributed by atoms with Crippen molar-refractivity contribution in [2.75, 3.05) is 12.4 Å². The normalized spacial score (nSPS) is 12.2. The number of carbonyl (C=O) groups is 1. The highest BCUT2D eigenvalue weighted by Crippen LogP contribution is 2.39. The molecule has 172 valence electrons. The van der Waals surface area contributed by atoms with E-state index in [1.165, 1.54) is 43.4 Å². The molecule has 0 aliphatic rings. The average Bonchev–Trinajstić information content (AvgIpc) is 3.16. The number of carbonyl (C=O) groups excluding carboxylic acids is 1. The largest absolute Gasteiger partial charge is 0.431 e. The van der Waals surface area contributed by atoms with E-state index in [0.29, 0.717) is 0 Å². The number of amides is 1. The van der Waals surface area contributed by atoms with Crippen molar-refractivity contribution in [3.05, 3.63) is 88.0 Å². The van der Waals surface area contributed by atoms with E-state index in [9.17, 15) is 22.4 Å². The van der Waals surface area contributed by atoms with Gasteiger partial charge in [-0.3, -0.25) is 4.79 Å². The number of aromatic nitrogens is 1. The van der Waals surface area contributed by atoms with Crippen LogP contribution in [-0.2, 0) is 0 Å². The lowest BCUT2D eigenvalue weighted by Gasteiger charge is -2.17. The third kappa shape index (κ3) is 5.04. The van der Waals surface area contributed by atoms with Gasteiger partial charge in [-0.15, -0.1) is 0 Å². The molecule has 2 aromatic carbocycles. The number of rotatable bonds is 6. The Morgan fingerprint density at radius 1 is 1.18 bits per heavy atom. The van der Waals surface area contributed by atoms with Crippen LogP contribution in [0, 0.1) is 5.82 Å². The molecule has 0 saturated heterocycles. The van der Waals surface area contributed by atoms with Gasteiger partial charge in [0.25, 0.3) is 5.91 Å². The maximum absolute atomic E-state index is 14.5. The van der Waals surface area contributed by atoms with Gasteiger partial charge in [-0.05, 0) is 30.3 Å². The van der Waals surface area contributed by atoms with Gasteiger partial charge in [0.1, 0.15) is 22.8 Å². The molecule has 0 radical (unpaired) electrons. The Balaban J connectivity index is 2.31. The first-order chi connectivity index (χ1) is 15.6. The van der Waals surface area contributed by atoms with Crippen molar-refractivity contribution in [1.29, 1.82) is 0 Å². The Hall–Kier alpha value is -3.30. The molecule has 1 aromatic heterocycles. The Morgan fingerprint density at radius 3 is 2.45 bits per heavy atom. The van der Waals surface area contributed by atoms with E-state index in [1.807, 2.05) is 0 Å². The third-order valence-electron chi connectivity index (χ3n) is 4.44. The number of anilines is 1. The van der Waals surface area contributed by atoms with Gasteiger partial charge in [0, 0.05) is 23.3 Å². The lowest BCUT2D eigenvalue weighted by molar-refractivity contribution is -0.0897. The van der Waals surface area contributed by atoms with Crippen molar-refractivity contribution >= 4 is 40.4 Å². The molecule has 5 nitrogen and oxygen atoms in total. The van der Waals surface area contributed by atoms with Crippen LogP contribution in [0.4, 0.5) is 23.2 Å². The van der Waals surface area contributed by atoms with Gasteiger partial charge in [0.05, 0.1) is 10.6 Å². The molecule has 0 atom stereocenters. The summed E-state index contributed by atoms with van der Waals surface area (Å²) in [6.07, 6.45) is -4.09. The summed E-state index contributed by atoms with van der Waals surface area (Å²) in [7, 11) is 1.25. The minimum atomic E-state index is -4.94. The summed E-state index contributed by atoms with van der Waals surface area (Å²) >= 11 is 11.9. The van der Waals surface area contributed by atoms with Crippen molar-refractivity contribution in [2.24, 2.45) is 0 Å². The van der Waals surface area contributed by atoms with Gasteiger partial charge in [-0.1, -0.05) is 53.1 Å². The van der Waals surface area contributed by atoms with Crippen LogP contribution in [0.3, 0.4) is 0 Å². The number of hydrogen-bond acceptors (Lipinski definition) is 4. The zero-order valence-corrected chi connectivity index (χ0v) is 18.4. The predicted octanol–water partition coefficient (Wildman–Crippen LogP) is 6.72. The van der Waals surface area contributed by atoms with Crippen LogP contribution in [0.15, 0.2) is 65.3 Å². The summed E-state index contributed by atoms with van der Waals surface area (Å²) in [5.74, 6) is -2.30. The molecule has 1 amide bonds. The van der Waals surface area contributed by atoms with E-state index < -0.39 is 40.5 Å². The molecule has 3 rings (SSSR count). The first kappa shape index (κ1) is 24.3. The summed E-state index contributed by atoms with van der Waals surface area (Å²) in [5.41, 5.74) is -3.02. The van der Waals surface area contributed by atoms with E-state index in [0.717, 1.165) is 12.1 Å². The summed E-state index contributed by atoms with van der Waals surface area (Å²) in [6.45, 7) is 3.43. The van der Waals surface area contributed by atoms with E-state index in [-0.39, 0.29) is 27.0 Å². The molecule has 11 heteroatoms. The van der Waals surface area contributed by atoms with Crippen molar-refractivity contribution < 1.29 is 26.9 Å². The summed E-state index contributed by atoms with van der Waals surface area (Å²) in [5, 5.41) is 8.29. The van der Waals surface area contributed by atoms with Crippen LogP contribution < -0.4 is 10.6 Å². The molecule has 33 heavy (non-hydrogen) atoms. The highest BCUT2D eigenvalue weighted by molar-refractivity contribution is 6.33. The number of alkyl halides is 3. The van der Waals surface area contributed by atoms with Gasteiger partial charge in [0.15, 0.2) is 5.76 Å². The number of nitrogens with one attached hydrogen (secondary N) is 2. The van der Waals surface area contributed by atoms with E-state index >= 15 is 0 Å². The number of hydrogen-bond donors (Lipinski definition) is 2. The number of allylic oxidation sites excluding steroid dienone is 3. The van der Waals surface area contributed by atoms with Crippen molar-refractivity contribution in [1.82, 2.24) is 10.5 Å². The second kappa shape index (κ2) is 9.68. The third-order valence-corrected chi connectivity index (χ3v) is 4.99. The van der Waals surface area contributed by atoms with E-state index in [4.69, 9.17) is 27.7 Å². The van der Waals surface area contributed by atoms with Crippen LogP contribution in [0.25, 0.3) is 16.8 Å². The van der Waals surface area contributed by atoms with Gasteiger partial charge in [-0.25, -0.2) is 4.39 Å². The molecule has 2 N–H and O–H groups in total. The topological polar surface area (TPSA) is 67.2 Å². The van der Waals surface area contributed by atoms with Crippen LogP contribution in [-0.4, -0.2) is 24.3 Å². The minimum Gasteiger partial charge on any atom is -0.355 e. The van der Waals surface area contributed by atoms with Crippen LogP contribution in [0.1, 0.15) is 16.1 Å². The van der Waals surface area contributed by atoms with E-state index in [2.05, 4.69) is 22.4 Å². The zero-order chi connectivity index (χ0) is 24.3. The van der Waals surface area contributed by atoms with Gasteiger partial charge < -0.3 is 15.2 Å². The van der Waals surface area contributed by atoms with Gasteiger partial charge in [0.2, 0.25) is 0 Å². The fraction of sp³-hybridized carbons (Fsp3) is 0.0909. The summed E-state index contributed by atoms with van der Waals surface area (Å²) in [6, 6.07) is 9.32. The van der Waals surface area contributed by atoms with Crippen LogP contribution in [0.2, 0.25) is 10.0 Å². The van der Waals surface area contributed by atoms with E-state index in [1.54, 1.807) is 0 Å². The smallest absolute Gasteiger partial charge is 0.355 e. The molecule has 0 aliphatic carbocycles. The first-order valence-electron chi connectivity index (χ1n) is 9.21. The predicted molar refractivity (Wildman–Crippen MR) is 119 cm³/mol. The van der Waals surface area contributed by atoms with Crippen molar-refractivity contribution in [2.45, 2.75) is 6.18 Å². The number of halogens is 6. The summed E-state index contributed by atoms with van der Waals surface area (Å²) in [4.78, 5) is 12.7. The zero-order valence-electron chi connectivity index (χ0n) is 16.9. The molecule has 3 aromatic rings. The Kier molecular flexibility index (Phi) is 7.14. The number of benzene rings is 2. The molecular formula is C22H15Cl2F4N3O2. The standard InChI is InChI=1S/C22H15Cl2F4N3O2/c1-3-13(20(22(26,27)28)30-12-7-4-6-11(23)10-12)19-17(21(32)29-2)18(31-33-19)16-14(24)8-5-9-15(16)25/h3-10,30H,1H2,2H3,(H,29,32)/b20-13+. The maximum Gasteiger partial charge on any atom is 0.431 e. The molecular weight excluding hydrogens is 485 g/mol. The lowest BCUT2D eigenvalue weighted by Crippen LogP contribution is -2.23. The second-order valence-corrected chi connectivity index (χ2v) is 7.38. The fourth-order valence-corrected chi connectivity index (χ4v) is 3.46. The molecule has 0 fully saturated rings. The van der Waals surface area contributed by atoms with Gasteiger partial charge >= 0.3 is 6.18 Å². The molecule has 0 bridgehead atoms. The summed E-state index contributed by atoms with van der Waals surface area (Å²) < 4.78 is 61.8. The Bertz CT molecular complexity index is 1230. The molecule has 0 saturated carbocycles. The minimum absolute atomic E-state index is 0.0209. The highest BCUT2D eigenvalue weighted by atomic mass is 35.5. The average molecular weight is 500 g/mol. The number of nitrogens with zero attached hydrogens (tertiary/aromatic N) is 1. The Morgan fingerprint density at radius 2 is 1.88 bits per heavy atom. The maximum atomic E-state index is 14.5.